The zero-order valence-electron chi connectivity index (χ0n) is 11.0. The summed E-state index contributed by atoms with van der Waals surface area (Å²) in [4.78, 5) is 0. The summed E-state index contributed by atoms with van der Waals surface area (Å²) < 4.78 is 6.14. The Labute approximate surface area is 94.6 Å². The van der Waals surface area contributed by atoms with Crippen LogP contribution in [-0.2, 0) is 4.74 Å². The van der Waals surface area contributed by atoms with Crippen molar-refractivity contribution >= 4 is 0 Å². The van der Waals surface area contributed by atoms with Gasteiger partial charge in [0.25, 0.3) is 0 Å². The fourth-order valence-corrected chi connectivity index (χ4v) is 3.69. The Morgan fingerprint density at radius 1 is 1.27 bits per heavy atom. The van der Waals surface area contributed by atoms with Crippen molar-refractivity contribution in [3.05, 3.63) is 0 Å². The van der Waals surface area contributed by atoms with Crippen LogP contribution in [0.4, 0.5) is 0 Å². The van der Waals surface area contributed by atoms with Crippen LogP contribution >= 0.6 is 0 Å². The van der Waals surface area contributed by atoms with E-state index in [1.165, 1.54) is 19.3 Å². The van der Waals surface area contributed by atoms with Crippen molar-refractivity contribution in [3.8, 4) is 0 Å². The second kappa shape index (κ2) is 3.48. The molecule has 0 spiro atoms. The molecule has 2 aliphatic carbocycles. The van der Waals surface area contributed by atoms with Crippen LogP contribution in [0.25, 0.3) is 0 Å². The molecule has 2 rings (SSSR count). The molecule has 15 heavy (non-hydrogen) atoms. The van der Waals surface area contributed by atoms with Crippen LogP contribution in [0.1, 0.15) is 53.9 Å². The SMILES string of the molecule is CC(C)COC1CC2CCC1(C)C2(C)C. The molecular formula is C14H26O. The molecule has 0 radical (unpaired) electrons. The molecule has 0 aliphatic heterocycles. The molecule has 88 valence electrons. The number of hydrogen-bond acceptors (Lipinski definition) is 1. The summed E-state index contributed by atoms with van der Waals surface area (Å²) in [5, 5.41) is 0. The smallest absolute Gasteiger partial charge is 0.0636 e. The zero-order chi connectivity index (χ0) is 11.3. The van der Waals surface area contributed by atoms with Crippen LogP contribution in [0.15, 0.2) is 0 Å². The van der Waals surface area contributed by atoms with Gasteiger partial charge < -0.3 is 4.74 Å². The normalized spacial score (nSPS) is 42.8. The number of hydrogen-bond donors (Lipinski definition) is 0. The Balaban J connectivity index is 2.06. The first-order valence-corrected chi connectivity index (χ1v) is 6.49. The van der Waals surface area contributed by atoms with E-state index in [1.54, 1.807) is 0 Å². The highest BCUT2D eigenvalue weighted by Crippen LogP contribution is 2.66. The quantitative estimate of drug-likeness (QED) is 0.687. The summed E-state index contributed by atoms with van der Waals surface area (Å²) in [5.41, 5.74) is 0.932. The predicted octanol–water partition coefficient (Wildman–Crippen LogP) is 3.87. The third-order valence-electron chi connectivity index (χ3n) is 5.34. The Kier molecular flexibility index (Phi) is 2.65. The fraction of sp³-hybridized carbons (Fsp3) is 1.00. The van der Waals surface area contributed by atoms with E-state index in [0.717, 1.165) is 12.5 Å². The van der Waals surface area contributed by atoms with Gasteiger partial charge >= 0.3 is 0 Å². The minimum absolute atomic E-state index is 0.437. The molecule has 3 atom stereocenters. The Morgan fingerprint density at radius 2 is 1.93 bits per heavy atom. The Morgan fingerprint density at radius 3 is 2.33 bits per heavy atom. The Bertz CT molecular complexity index is 244. The molecule has 2 bridgehead atoms. The van der Waals surface area contributed by atoms with Gasteiger partial charge in [-0.1, -0.05) is 34.6 Å². The van der Waals surface area contributed by atoms with E-state index in [9.17, 15) is 0 Å². The topological polar surface area (TPSA) is 9.23 Å². The van der Waals surface area contributed by atoms with Crippen molar-refractivity contribution < 1.29 is 4.74 Å². The summed E-state index contributed by atoms with van der Waals surface area (Å²) >= 11 is 0. The maximum Gasteiger partial charge on any atom is 0.0636 e. The summed E-state index contributed by atoms with van der Waals surface area (Å²) in [7, 11) is 0. The first-order chi connectivity index (χ1) is 6.88. The molecular weight excluding hydrogens is 184 g/mol. The second-order valence-electron chi connectivity index (χ2n) is 6.83. The average Bonchev–Trinajstić information content (AvgIpc) is 2.46. The molecule has 3 unspecified atom stereocenters. The van der Waals surface area contributed by atoms with Crippen molar-refractivity contribution in [2.75, 3.05) is 6.61 Å². The fourth-order valence-electron chi connectivity index (χ4n) is 3.69. The molecule has 0 heterocycles. The minimum Gasteiger partial charge on any atom is -0.377 e. The molecule has 0 aromatic rings. The third-order valence-corrected chi connectivity index (χ3v) is 5.34. The average molecular weight is 210 g/mol. The molecule has 0 amide bonds. The molecule has 2 saturated carbocycles. The van der Waals surface area contributed by atoms with Gasteiger partial charge in [0, 0.05) is 6.61 Å². The maximum absolute atomic E-state index is 6.14. The molecule has 0 N–H and O–H groups in total. The van der Waals surface area contributed by atoms with Gasteiger partial charge in [0.2, 0.25) is 0 Å². The van der Waals surface area contributed by atoms with E-state index < -0.39 is 0 Å². The predicted molar refractivity (Wildman–Crippen MR) is 63.8 cm³/mol. The standard InChI is InChI=1S/C14H26O/c1-10(2)9-15-12-8-11-6-7-14(12,5)13(11,3)4/h10-12H,6-9H2,1-5H3. The van der Waals surface area contributed by atoms with E-state index in [1.807, 2.05) is 0 Å². The van der Waals surface area contributed by atoms with E-state index in [0.29, 0.717) is 22.9 Å². The Hall–Kier alpha value is -0.0400. The van der Waals surface area contributed by atoms with Crippen molar-refractivity contribution in [2.45, 2.75) is 60.0 Å². The van der Waals surface area contributed by atoms with E-state index in [-0.39, 0.29) is 0 Å². The highest BCUT2D eigenvalue weighted by molar-refractivity contribution is 5.11. The second-order valence-corrected chi connectivity index (χ2v) is 6.83. The lowest BCUT2D eigenvalue weighted by Crippen LogP contribution is -2.37. The van der Waals surface area contributed by atoms with Crippen molar-refractivity contribution in [2.24, 2.45) is 22.7 Å². The summed E-state index contributed by atoms with van der Waals surface area (Å²) in [6.07, 6.45) is 4.61. The van der Waals surface area contributed by atoms with Crippen LogP contribution in [0.3, 0.4) is 0 Å². The summed E-state index contributed by atoms with van der Waals surface area (Å²) in [6.45, 7) is 12.8. The number of fused-ring (bicyclic) bond motifs is 2. The third kappa shape index (κ3) is 1.54. The first kappa shape index (κ1) is 11.4. The highest BCUT2D eigenvalue weighted by atomic mass is 16.5. The molecule has 2 aliphatic rings. The summed E-state index contributed by atoms with van der Waals surface area (Å²) in [5.74, 6) is 1.57. The molecule has 0 aromatic heterocycles. The van der Waals surface area contributed by atoms with Crippen molar-refractivity contribution in [1.29, 1.82) is 0 Å². The van der Waals surface area contributed by atoms with Crippen LogP contribution in [0.5, 0.6) is 0 Å². The van der Waals surface area contributed by atoms with E-state index in [4.69, 9.17) is 4.74 Å². The number of rotatable bonds is 3. The zero-order valence-corrected chi connectivity index (χ0v) is 11.0. The molecule has 1 nitrogen and oxygen atoms in total. The van der Waals surface area contributed by atoms with Gasteiger partial charge in [-0.05, 0) is 41.9 Å². The van der Waals surface area contributed by atoms with Crippen molar-refractivity contribution in [1.82, 2.24) is 0 Å². The molecule has 1 heteroatoms. The van der Waals surface area contributed by atoms with Crippen molar-refractivity contribution in [3.63, 3.8) is 0 Å². The lowest BCUT2D eigenvalue weighted by atomic mass is 9.70. The van der Waals surface area contributed by atoms with Crippen LogP contribution < -0.4 is 0 Å². The first-order valence-electron chi connectivity index (χ1n) is 6.49. The molecule has 0 aromatic carbocycles. The number of ether oxygens (including phenoxy) is 1. The lowest BCUT2D eigenvalue weighted by Gasteiger charge is -2.39. The van der Waals surface area contributed by atoms with Gasteiger partial charge in [0.05, 0.1) is 6.10 Å². The molecule has 2 fully saturated rings. The van der Waals surface area contributed by atoms with Gasteiger partial charge in [0.15, 0.2) is 0 Å². The lowest BCUT2D eigenvalue weighted by molar-refractivity contribution is -0.0552. The monoisotopic (exact) mass is 210 g/mol. The maximum atomic E-state index is 6.14. The van der Waals surface area contributed by atoms with Gasteiger partial charge in [-0.3, -0.25) is 0 Å². The van der Waals surface area contributed by atoms with Gasteiger partial charge in [-0.2, -0.15) is 0 Å². The van der Waals surface area contributed by atoms with Gasteiger partial charge in [-0.15, -0.1) is 0 Å². The van der Waals surface area contributed by atoms with E-state index in [2.05, 4.69) is 34.6 Å². The van der Waals surface area contributed by atoms with Crippen LogP contribution in [-0.4, -0.2) is 12.7 Å². The largest absolute Gasteiger partial charge is 0.377 e. The van der Waals surface area contributed by atoms with Gasteiger partial charge in [0.1, 0.15) is 0 Å². The highest BCUT2D eigenvalue weighted by Gasteiger charge is 2.61. The molecule has 0 saturated heterocycles. The van der Waals surface area contributed by atoms with Gasteiger partial charge in [-0.25, -0.2) is 0 Å². The van der Waals surface area contributed by atoms with Crippen LogP contribution in [0.2, 0.25) is 0 Å². The summed E-state index contributed by atoms with van der Waals surface area (Å²) in [6, 6.07) is 0. The van der Waals surface area contributed by atoms with Crippen LogP contribution in [0, 0.1) is 22.7 Å². The minimum atomic E-state index is 0.437. The van der Waals surface area contributed by atoms with E-state index >= 15 is 0 Å².